The predicted molar refractivity (Wildman–Crippen MR) is 121 cm³/mol. The molecule has 1 amide bonds. The first-order chi connectivity index (χ1) is 15.6. The number of ether oxygens (including phenoxy) is 2. The molecule has 4 rings (SSSR count). The first kappa shape index (κ1) is 21.5. The number of hydrogen-bond donors (Lipinski definition) is 1. The molecule has 2 aromatic carbocycles. The molecular formula is C24H25FN4O3. The van der Waals surface area contributed by atoms with Gasteiger partial charge in [0.25, 0.3) is 0 Å². The van der Waals surface area contributed by atoms with Crippen LogP contribution in [0.1, 0.15) is 12.8 Å². The van der Waals surface area contributed by atoms with Gasteiger partial charge >= 0.3 is 0 Å². The summed E-state index contributed by atoms with van der Waals surface area (Å²) in [7, 11) is 3.14. The molecule has 0 saturated carbocycles. The van der Waals surface area contributed by atoms with Gasteiger partial charge < -0.3 is 19.7 Å². The largest absolute Gasteiger partial charge is 0.497 e. The SMILES string of the molecule is COc1ccc(NC(=O)C2CCCN(c3ccc(-c4ccc(F)cc4)nn3)C2)c(OC)c1. The third-order valence-electron chi connectivity index (χ3n) is 5.57. The summed E-state index contributed by atoms with van der Waals surface area (Å²) in [5.74, 6) is 1.39. The normalized spacial score (nSPS) is 15.8. The van der Waals surface area contributed by atoms with Gasteiger partial charge in [-0.2, -0.15) is 0 Å². The van der Waals surface area contributed by atoms with Crippen LogP contribution in [0.25, 0.3) is 11.3 Å². The van der Waals surface area contributed by atoms with E-state index in [1.807, 2.05) is 12.1 Å². The molecule has 1 aliphatic heterocycles. The van der Waals surface area contributed by atoms with Crippen molar-refractivity contribution in [2.45, 2.75) is 12.8 Å². The zero-order valence-corrected chi connectivity index (χ0v) is 18.0. The Morgan fingerprint density at radius 1 is 1.06 bits per heavy atom. The van der Waals surface area contributed by atoms with Crippen LogP contribution in [0, 0.1) is 11.7 Å². The van der Waals surface area contributed by atoms with Gasteiger partial charge in [-0.1, -0.05) is 0 Å². The minimum absolute atomic E-state index is 0.0611. The Morgan fingerprint density at radius 2 is 1.88 bits per heavy atom. The van der Waals surface area contributed by atoms with Crippen LogP contribution < -0.4 is 19.7 Å². The number of hydrogen-bond acceptors (Lipinski definition) is 6. The summed E-state index contributed by atoms with van der Waals surface area (Å²) in [6.45, 7) is 1.36. The maximum absolute atomic E-state index is 13.1. The molecule has 1 saturated heterocycles. The summed E-state index contributed by atoms with van der Waals surface area (Å²) >= 11 is 0. The van der Waals surface area contributed by atoms with Crippen molar-refractivity contribution in [2.24, 2.45) is 5.92 Å². The van der Waals surface area contributed by atoms with E-state index >= 15 is 0 Å². The van der Waals surface area contributed by atoms with E-state index in [0.29, 0.717) is 29.4 Å². The van der Waals surface area contributed by atoms with Gasteiger partial charge in [-0.3, -0.25) is 4.79 Å². The molecular weight excluding hydrogens is 411 g/mol. The second kappa shape index (κ2) is 9.64. The maximum Gasteiger partial charge on any atom is 0.229 e. The Labute approximate surface area is 186 Å². The number of carbonyl (C=O) groups is 1. The van der Waals surface area contributed by atoms with Crippen LogP contribution in [-0.4, -0.2) is 43.4 Å². The number of benzene rings is 2. The zero-order valence-electron chi connectivity index (χ0n) is 18.0. The second-order valence-corrected chi connectivity index (χ2v) is 7.62. The Bertz CT molecular complexity index is 1070. The van der Waals surface area contributed by atoms with Crippen LogP contribution >= 0.6 is 0 Å². The topological polar surface area (TPSA) is 76.6 Å². The van der Waals surface area contributed by atoms with E-state index in [1.54, 1.807) is 44.6 Å². The lowest BCUT2D eigenvalue weighted by Crippen LogP contribution is -2.41. The third-order valence-corrected chi connectivity index (χ3v) is 5.57. The number of nitrogens with zero attached hydrogens (tertiary/aromatic N) is 3. The number of nitrogens with one attached hydrogen (secondary N) is 1. The Hall–Kier alpha value is -3.68. The number of aromatic nitrogens is 2. The molecule has 1 fully saturated rings. The summed E-state index contributed by atoms with van der Waals surface area (Å²) in [4.78, 5) is 15.0. The fourth-order valence-electron chi connectivity index (χ4n) is 3.80. The van der Waals surface area contributed by atoms with Gasteiger partial charge in [0, 0.05) is 24.7 Å². The van der Waals surface area contributed by atoms with Gasteiger partial charge in [0.2, 0.25) is 5.91 Å². The van der Waals surface area contributed by atoms with E-state index in [2.05, 4.69) is 20.4 Å². The van der Waals surface area contributed by atoms with Crippen molar-refractivity contribution in [3.05, 3.63) is 60.4 Å². The molecule has 3 aromatic rings. The van der Waals surface area contributed by atoms with Crippen LogP contribution in [0.5, 0.6) is 11.5 Å². The summed E-state index contributed by atoms with van der Waals surface area (Å²) < 4.78 is 23.7. The number of halogens is 1. The van der Waals surface area contributed by atoms with Crippen molar-refractivity contribution in [2.75, 3.05) is 37.5 Å². The molecule has 1 unspecified atom stereocenters. The highest BCUT2D eigenvalue weighted by molar-refractivity contribution is 5.94. The fourth-order valence-corrected chi connectivity index (χ4v) is 3.80. The summed E-state index contributed by atoms with van der Waals surface area (Å²) in [6, 6.07) is 15.2. The molecule has 1 atom stereocenters. The molecule has 0 spiro atoms. The van der Waals surface area contributed by atoms with Crippen molar-refractivity contribution in [1.82, 2.24) is 10.2 Å². The highest BCUT2D eigenvalue weighted by atomic mass is 19.1. The van der Waals surface area contributed by atoms with Crippen molar-refractivity contribution >= 4 is 17.4 Å². The van der Waals surface area contributed by atoms with E-state index in [9.17, 15) is 9.18 Å². The monoisotopic (exact) mass is 436 g/mol. The molecule has 166 valence electrons. The number of rotatable bonds is 6. The first-order valence-electron chi connectivity index (χ1n) is 10.4. The van der Waals surface area contributed by atoms with Crippen LogP contribution in [0.2, 0.25) is 0 Å². The van der Waals surface area contributed by atoms with Crippen LogP contribution in [0.3, 0.4) is 0 Å². The van der Waals surface area contributed by atoms with E-state index in [1.165, 1.54) is 12.1 Å². The third kappa shape index (κ3) is 4.80. The molecule has 32 heavy (non-hydrogen) atoms. The van der Waals surface area contributed by atoms with E-state index in [-0.39, 0.29) is 17.6 Å². The Kier molecular flexibility index (Phi) is 6.49. The zero-order chi connectivity index (χ0) is 22.5. The van der Waals surface area contributed by atoms with Gasteiger partial charge in [0.1, 0.15) is 17.3 Å². The van der Waals surface area contributed by atoms with Gasteiger partial charge in [-0.05, 0) is 61.4 Å². The number of carbonyl (C=O) groups excluding carboxylic acids is 1. The van der Waals surface area contributed by atoms with Gasteiger partial charge in [0.15, 0.2) is 5.82 Å². The Balaban J connectivity index is 1.43. The maximum atomic E-state index is 13.1. The van der Waals surface area contributed by atoms with Crippen molar-refractivity contribution in [1.29, 1.82) is 0 Å². The first-order valence-corrected chi connectivity index (χ1v) is 10.4. The van der Waals surface area contributed by atoms with Crippen LogP contribution in [0.4, 0.5) is 15.9 Å². The van der Waals surface area contributed by atoms with Gasteiger partial charge in [0.05, 0.1) is 31.5 Å². The number of piperidine rings is 1. The number of methoxy groups -OCH3 is 2. The van der Waals surface area contributed by atoms with E-state index < -0.39 is 0 Å². The lowest BCUT2D eigenvalue weighted by atomic mass is 9.97. The highest BCUT2D eigenvalue weighted by Gasteiger charge is 2.27. The molecule has 8 heteroatoms. The summed E-state index contributed by atoms with van der Waals surface area (Å²) in [5, 5.41) is 11.6. The Morgan fingerprint density at radius 3 is 2.56 bits per heavy atom. The fraction of sp³-hybridized carbons (Fsp3) is 0.292. The van der Waals surface area contributed by atoms with Crippen molar-refractivity contribution < 1.29 is 18.7 Å². The minimum atomic E-state index is -0.289. The highest BCUT2D eigenvalue weighted by Crippen LogP contribution is 2.30. The standard InChI is InChI=1S/C24H25FN4O3/c1-31-19-9-10-21(22(14-19)32-2)26-24(30)17-4-3-13-29(15-17)23-12-11-20(27-28-23)16-5-7-18(25)8-6-16/h5-12,14,17H,3-4,13,15H2,1-2H3,(H,26,30). The molecule has 0 aliphatic carbocycles. The number of amides is 1. The van der Waals surface area contributed by atoms with Crippen LogP contribution in [0.15, 0.2) is 54.6 Å². The molecule has 2 heterocycles. The van der Waals surface area contributed by atoms with Crippen molar-refractivity contribution in [3.63, 3.8) is 0 Å². The molecule has 0 radical (unpaired) electrons. The summed E-state index contributed by atoms with van der Waals surface area (Å²) in [5.41, 5.74) is 2.08. The smallest absolute Gasteiger partial charge is 0.229 e. The molecule has 1 N–H and O–H groups in total. The van der Waals surface area contributed by atoms with Crippen molar-refractivity contribution in [3.8, 4) is 22.8 Å². The second-order valence-electron chi connectivity index (χ2n) is 7.62. The molecule has 0 bridgehead atoms. The molecule has 1 aromatic heterocycles. The average molecular weight is 436 g/mol. The minimum Gasteiger partial charge on any atom is -0.497 e. The quantitative estimate of drug-likeness (QED) is 0.626. The average Bonchev–Trinajstić information content (AvgIpc) is 2.85. The van der Waals surface area contributed by atoms with Crippen LogP contribution in [-0.2, 0) is 4.79 Å². The summed E-state index contributed by atoms with van der Waals surface area (Å²) in [6.07, 6.45) is 1.67. The van der Waals surface area contributed by atoms with Gasteiger partial charge in [-0.15, -0.1) is 10.2 Å². The molecule has 1 aliphatic rings. The lowest BCUT2D eigenvalue weighted by Gasteiger charge is -2.32. The number of anilines is 2. The van der Waals surface area contributed by atoms with E-state index in [0.717, 1.165) is 30.8 Å². The lowest BCUT2D eigenvalue weighted by molar-refractivity contribution is -0.120. The predicted octanol–water partition coefficient (Wildman–Crippen LogP) is 4.16. The molecule has 7 nitrogen and oxygen atoms in total. The van der Waals surface area contributed by atoms with E-state index in [4.69, 9.17) is 9.47 Å². The van der Waals surface area contributed by atoms with Gasteiger partial charge in [-0.25, -0.2) is 4.39 Å².